The zero-order chi connectivity index (χ0) is 16.5. The van der Waals surface area contributed by atoms with Gasteiger partial charge in [-0.2, -0.15) is 0 Å². The third-order valence-electron chi connectivity index (χ3n) is 4.04. The fraction of sp³-hybridized carbons (Fsp3) is 0. The van der Waals surface area contributed by atoms with Gasteiger partial charge in [0.15, 0.2) is 0 Å². The van der Waals surface area contributed by atoms with Crippen molar-refractivity contribution in [3.8, 4) is 17.1 Å². The van der Waals surface area contributed by atoms with Gasteiger partial charge in [-0.25, -0.2) is 4.98 Å². The Kier molecular flexibility index (Phi) is 3.35. The molecule has 4 rings (SSSR count). The number of hydrogen-bond acceptors (Lipinski definition) is 3. The Balaban J connectivity index is 2.16. The summed E-state index contributed by atoms with van der Waals surface area (Å²) in [4.78, 5) is 4.81. The van der Waals surface area contributed by atoms with Gasteiger partial charge in [0.05, 0.1) is 5.52 Å². The molecular weight excluding hydrogens is 296 g/mol. The number of nitrogens with two attached hydrogens (primary N) is 1. The molecule has 0 aliphatic rings. The summed E-state index contributed by atoms with van der Waals surface area (Å²) in [5.74, 6) is 0.669. The number of nitrogens with one attached hydrogen (secondary N) is 1. The minimum atomic E-state index is 0.394. The first kappa shape index (κ1) is 14.2. The van der Waals surface area contributed by atoms with Gasteiger partial charge >= 0.3 is 0 Å². The molecule has 4 aromatic rings. The van der Waals surface area contributed by atoms with Gasteiger partial charge in [0.2, 0.25) is 0 Å². The quantitative estimate of drug-likeness (QED) is 0.553. The van der Waals surface area contributed by atoms with E-state index in [1.54, 1.807) is 0 Å². The SMILES string of the molecule is N=c1c2ccccc2nc(-c2ccccc2N)n1-c1ccccc1. The van der Waals surface area contributed by atoms with Gasteiger partial charge in [0, 0.05) is 22.3 Å². The monoisotopic (exact) mass is 312 g/mol. The second-order valence-electron chi connectivity index (χ2n) is 5.56. The molecular formula is C20H16N4. The predicted molar refractivity (Wildman–Crippen MR) is 96.8 cm³/mol. The molecule has 4 heteroatoms. The Morgan fingerprint density at radius 2 is 1.46 bits per heavy atom. The highest BCUT2D eigenvalue weighted by Gasteiger charge is 2.14. The number of fused-ring (bicyclic) bond motifs is 1. The molecule has 0 aliphatic carbocycles. The van der Waals surface area contributed by atoms with Gasteiger partial charge in [-0.05, 0) is 36.4 Å². The van der Waals surface area contributed by atoms with Crippen LogP contribution in [0.2, 0.25) is 0 Å². The van der Waals surface area contributed by atoms with E-state index in [0.717, 1.165) is 22.2 Å². The summed E-state index contributed by atoms with van der Waals surface area (Å²) in [7, 11) is 0. The number of nitrogen functional groups attached to an aromatic ring is 1. The van der Waals surface area contributed by atoms with Crippen molar-refractivity contribution >= 4 is 16.6 Å². The molecule has 0 saturated carbocycles. The lowest BCUT2D eigenvalue weighted by Crippen LogP contribution is -2.22. The maximum absolute atomic E-state index is 8.72. The highest BCUT2D eigenvalue weighted by molar-refractivity contribution is 5.82. The van der Waals surface area contributed by atoms with E-state index in [2.05, 4.69) is 0 Å². The molecule has 116 valence electrons. The molecule has 0 saturated heterocycles. The van der Waals surface area contributed by atoms with Crippen LogP contribution in [0.3, 0.4) is 0 Å². The van der Waals surface area contributed by atoms with Gasteiger partial charge < -0.3 is 5.73 Å². The summed E-state index contributed by atoms with van der Waals surface area (Å²) >= 11 is 0. The average molecular weight is 312 g/mol. The van der Waals surface area contributed by atoms with E-state index in [0.29, 0.717) is 17.0 Å². The molecule has 0 fully saturated rings. The normalized spacial score (nSPS) is 10.8. The smallest absolute Gasteiger partial charge is 0.148 e. The van der Waals surface area contributed by atoms with E-state index < -0.39 is 0 Å². The Labute approximate surface area is 139 Å². The number of para-hydroxylation sites is 3. The molecule has 1 aromatic heterocycles. The highest BCUT2D eigenvalue weighted by Crippen LogP contribution is 2.26. The van der Waals surface area contributed by atoms with Crippen LogP contribution in [0.25, 0.3) is 28.0 Å². The Morgan fingerprint density at radius 1 is 0.792 bits per heavy atom. The predicted octanol–water partition coefficient (Wildman–Crippen LogP) is 3.75. The lowest BCUT2D eigenvalue weighted by molar-refractivity contribution is 0.922. The molecule has 4 nitrogen and oxygen atoms in total. The third-order valence-corrected chi connectivity index (χ3v) is 4.04. The van der Waals surface area contributed by atoms with E-state index in [1.807, 2.05) is 83.4 Å². The summed E-state index contributed by atoms with van der Waals surface area (Å²) in [6, 6.07) is 25.1. The van der Waals surface area contributed by atoms with Crippen LogP contribution in [0, 0.1) is 5.41 Å². The van der Waals surface area contributed by atoms with Gasteiger partial charge in [-0.1, -0.05) is 42.5 Å². The molecule has 0 radical (unpaired) electrons. The minimum absolute atomic E-state index is 0.394. The molecule has 0 amide bonds. The zero-order valence-electron chi connectivity index (χ0n) is 13.0. The van der Waals surface area contributed by atoms with Crippen LogP contribution in [0.5, 0.6) is 0 Å². The second kappa shape index (κ2) is 5.66. The molecule has 0 spiro atoms. The number of hydrogen-bond donors (Lipinski definition) is 2. The number of nitrogens with zero attached hydrogens (tertiary/aromatic N) is 2. The van der Waals surface area contributed by atoms with Crippen LogP contribution in [-0.4, -0.2) is 9.55 Å². The molecule has 1 heterocycles. The fourth-order valence-corrected chi connectivity index (χ4v) is 2.87. The van der Waals surface area contributed by atoms with E-state index in [1.165, 1.54) is 0 Å². The molecule has 3 aromatic carbocycles. The Hall–Kier alpha value is -3.40. The number of anilines is 1. The molecule has 24 heavy (non-hydrogen) atoms. The zero-order valence-corrected chi connectivity index (χ0v) is 13.0. The maximum atomic E-state index is 8.72. The fourth-order valence-electron chi connectivity index (χ4n) is 2.87. The van der Waals surface area contributed by atoms with Crippen molar-refractivity contribution in [2.75, 3.05) is 5.73 Å². The van der Waals surface area contributed by atoms with Crippen LogP contribution < -0.4 is 11.2 Å². The minimum Gasteiger partial charge on any atom is -0.398 e. The standard InChI is InChI=1S/C20H16N4/c21-17-12-6-4-10-15(17)20-23-18-13-7-5-11-16(18)19(22)24(20)14-8-2-1-3-9-14/h1-13,22H,21H2. The summed E-state index contributed by atoms with van der Waals surface area (Å²) in [5.41, 5.74) is 9.71. The van der Waals surface area contributed by atoms with Crippen LogP contribution >= 0.6 is 0 Å². The summed E-state index contributed by atoms with van der Waals surface area (Å²) in [5, 5.41) is 9.52. The van der Waals surface area contributed by atoms with Crippen molar-refractivity contribution in [3.63, 3.8) is 0 Å². The number of aromatic nitrogens is 2. The second-order valence-corrected chi connectivity index (χ2v) is 5.56. The third kappa shape index (κ3) is 2.25. The van der Waals surface area contributed by atoms with E-state index in [4.69, 9.17) is 16.1 Å². The van der Waals surface area contributed by atoms with Crippen molar-refractivity contribution in [1.82, 2.24) is 9.55 Å². The van der Waals surface area contributed by atoms with Gasteiger partial charge in [0.1, 0.15) is 11.3 Å². The van der Waals surface area contributed by atoms with Crippen molar-refractivity contribution in [1.29, 1.82) is 5.41 Å². The molecule has 0 aliphatic heterocycles. The highest BCUT2D eigenvalue weighted by atomic mass is 15.1. The molecule has 0 bridgehead atoms. The largest absolute Gasteiger partial charge is 0.398 e. The van der Waals surface area contributed by atoms with E-state index in [-0.39, 0.29) is 0 Å². The number of rotatable bonds is 2. The summed E-state index contributed by atoms with van der Waals surface area (Å²) < 4.78 is 1.84. The van der Waals surface area contributed by atoms with Crippen molar-refractivity contribution in [2.45, 2.75) is 0 Å². The first-order valence-electron chi connectivity index (χ1n) is 7.72. The van der Waals surface area contributed by atoms with Gasteiger partial charge in [-0.3, -0.25) is 9.98 Å². The van der Waals surface area contributed by atoms with Crippen molar-refractivity contribution < 1.29 is 0 Å². The van der Waals surface area contributed by atoms with E-state index in [9.17, 15) is 0 Å². The van der Waals surface area contributed by atoms with Crippen molar-refractivity contribution in [2.24, 2.45) is 0 Å². The molecule has 0 atom stereocenters. The molecule has 0 unspecified atom stereocenters. The number of benzene rings is 3. The van der Waals surface area contributed by atoms with E-state index >= 15 is 0 Å². The van der Waals surface area contributed by atoms with Gasteiger partial charge in [-0.15, -0.1) is 0 Å². The Bertz CT molecular complexity index is 1080. The first-order valence-corrected chi connectivity index (χ1v) is 7.72. The van der Waals surface area contributed by atoms with Crippen LogP contribution in [0.15, 0.2) is 78.9 Å². The van der Waals surface area contributed by atoms with Gasteiger partial charge in [0.25, 0.3) is 0 Å². The maximum Gasteiger partial charge on any atom is 0.148 e. The lowest BCUT2D eigenvalue weighted by atomic mass is 10.1. The van der Waals surface area contributed by atoms with Crippen LogP contribution in [-0.2, 0) is 0 Å². The van der Waals surface area contributed by atoms with Crippen LogP contribution in [0.4, 0.5) is 5.69 Å². The lowest BCUT2D eigenvalue weighted by Gasteiger charge is -2.16. The van der Waals surface area contributed by atoms with Crippen molar-refractivity contribution in [3.05, 3.63) is 84.4 Å². The molecule has 3 N–H and O–H groups in total. The summed E-state index contributed by atoms with van der Waals surface area (Å²) in [6.07, 6.45) is 0. The van der Waals surface area contributed by atoms with Crippen LogP contribution in [0.1, 0.15) is 0 Å². The Morgan fingerprint density at radius 3 is 2.25 bits per heavy atom. The topological polar surface area (TPSA) is 67.7 Å². The summed E-state index contributed by atoms with van der Waals surface area (Å²) in [6.45, 7) is 0. The average Bonchev–Trinajstić information content (AvgIpc) is 2.63. The first-order chi connectivity index (χ1) is 11.8.